The van der Waals surface area contributed by atoms with E-state index in [1.807, 2.05) is 19.9 Å². The normalized spacial score (nSPS) is 17.0. The number of halogens is 1. The van der Waals surface area contributed by atoms with Gasteiger partial charge in [-0.15, -0.1) is 0 Å². The number of rotatable bonds is 4. The van der Waals surface area contributed by atoms with Crippen molar-refractivity contribution in [3.8, 4) is 11.3 Å². The minimum atomic E-state index is -0.328. The molecular formula is C20H20FN3O3. The fourth-order valence-corrected chi connectivity index (χ4v) is 3.31. The maximum atomic E-state index is 13.1. The molecule has 0 radical (unpaired) electrons. The molecule has 1 fully saturated rings. The first-order chi connectivity index (χ1) is 13.0. The minimum absolute atomic E-state index is 0.156. The summed E-state index contributed by atoms with van der Waals surface area (Å²) >= 11 is 0. The van der Waals surface area contributed by atoms with Crippen LogP contribution in [-0.4, -0.2) is 27.7 Å². The van der Waals surface area contributed by atoms with Crippen LogP contribution in [0.15, 0.2) is 45.4 Å². The lowest BCUT2D eigenvalue weighted by molar-refractivity contribution is 0.0672. The van der Waals surface area contributed by atoms with Crippen molar-refractivity contribution in [1.82, 2.24) is 15.2 Å². The molecule has 27 heavy (non-hydrogen) atoms. The predicted molar refractivity (Wildman–Crippen MR) is 95.5 cm³/mol. The van der Waals surface area contributed by atoms with Crippen molar-refractivity contribution < 1.29 is 18.2 Å². The van der Waals surface area contributed by atoms with Gasteiger partial charge in [0.05, 0.1) is 11.7 Å². The molecule has 1 amide bonds. The van der Waals surface area contributed by atoms with Gasteiger partial charge in [0.25, 0.3) is 5.91 Å². The lowest BCUT2D eigenvalue weighted by Gasteiger charge is -2.21. The monoisotopic (exact) mass is 369 g/mol. The SMILES string of the molecule is CC(C)c1cc([C@@H]2CCCN2C(=O)c2cc(-c3ccc(F)cc3)no2)on1. The largest absolute Gasteiger partial charge is 0.359 e. The Morgan fingerprint density at radius 3 is 2.67 bits per heavy atom. The molecule has 0 aliphatic carbocycles. The van der Waals surface area contributed by atoms with Gasteiger partial charge in [0.15, 0.2) is 5.76 Å². The first kappa shape index (κ1) is 17.5. The Balaban J connectivity index is 1.55. The summed E-state index contributed by atoms with van der Waals surface area (Å²) in [5.41, 5.74) is 2.06. The van der Waals surface area contributed by atoms with E-state index in [0.29, 0.717) is 23.6 Å². The average Bonchev–Trinajstić information content (AvgIpc) is 3.40. The van der Waals surface area contributed by atoms with Crippen LogP contribution in [0.25, 0.3) is 11.3 Å². The summed E-state index contributed by atoms with van der Waals surface area (Å²) < 4.78 is 23.8. The van der Waals surface area contributed by atoms with E-state index in [-0.39, 0.29) is 29.4 Å². The van der Waals surface area contributed by atoms with E-state index in [2.05, 4.69) is 10.3 Å². The van der Waals surface area contributed by atoms with Gasteiger partial charge in [0, 0.05) is 24.2 Å². The molecule has 0 saturated carbocycles. The Morgan fingerprint density at radius 2 is 1.96 bits per heavy atom. The number of nitrogens with zero attached hydrogens (tertiary/aromatic N) is 3. The van der Waals surface area contributed by atoms with Gasteiger partial charge in [-0.3, -0.25) is 4.79 Å². The maximum Gasteiger partial charge on any atom is 0.293 e. The van der Waals surface area contributed by atoms with Crippen molar-refractivity contribution in [3.63, 3.8) is 0 Å². The molecule has 3 heterocycles. The average molecular weight is 369 g/mol. The fraction of sp³-hybridized carbons (Fsp3) is 0.350. The van der Waals surface area contributed by atoms with Gasteiger partial charge in [-0.2, -0.15) is 0 Å². The van der Waals surface area contributed by atoms with Gasteiger partial charge in [-0.25, -0.2) is 4.39 Å². The van der Waals surface area contributed by atoms with Crippen LogP contribution in [0.4, 0.5) is 4.39 Å². The van der Waals surface area contributed by atoms with Gasteiger partial charge < -0.3 is 13.9 Å². The molecule has 1 aromatic carbocycles. The third-order valence-corrected chi connectivity index (χ3v) is 4.84. The van der Waals surface area contributed by atoms with Crippen LogP contribution in [0, 0.1) is 5.82 Å². The van der Waals surface area contributed by atoms with Gasteiger partial charge in [0.2, 0.25) is 5.76 Å². The number of benzene rings is 1. The predicted octanol–water partition coefficient (Wildman–Crippen LogP) is 4.57. The van der Waals surface area contributed by atoms with Crippen molar-refractivity contribution in [2.45, 2.75) is 38.6 Å². The van der Waals surface area contributed by atoms with E-state index in [0.717, 1.165) is 18.5 Å². The topological polar surface area (TPSA) is 72.4 Å². The molecule has 1 aliphatic rings. The van der Waals surface area contributed by atoms with Crippen molar-refractivity contribution >= 4 is 5.91 Å². The summed E-state index contributed by atoms with van der Waals surface area (Å²) in [4.78, 5) is 14.7. The molecule has 140 valence electrons. The van der Waals surface area contributed by atoms with Crippen LogP contribution in [-0.2, 0) is 0 Å². The van der Waals surface area contributed by atoms with E-state index < -0.39 is 0 Å². The summed E-state index contributed by atoms with van der Waals surface area (Å²) in [6.07, 6.45) is 1.70. The highest BCUT2D eigenvalue weighted by Crippen LogP contribution is 2.34. The molecular weight excluding hydrogens is 349 g/mol. The molecule has 6 nitrogen and oxygen atoms in total. The number of aromatic nitrogens is 2. The molecule has 2 aromatic heterocycles. The highest BCUT2D eigenvalue weighted by Gasteiger charge is 2.35. The highest BCUT2D eigenvalue weighted by molar-refractivity contribution is 5.92. The van der Waals surface area contributed by atoms with Crippen molar-refractivity contribution in [3.05, 3.63) is 59.4 Å². The molecule has 4 rings (SSSR count). The summed E-state index contributed by atoms with van der Waals surface area (Å²) in [5.74, 6) is 0.556. The molecule has 1 atom stereocenters. The maximum absolute atomic E-state index is 13.1. The second-order valence-electron chi connectivity index (χ2n) is 7.05. The fourth-order valence-electron chi connectivity index (χ4n) is 3.31. The summed E-state index contributed by atoms with van der Waals surface area (Å²) in [6, 6.07) is 9.24. The van der Waals surface area contributed by atoms with Crippen LogP contribution in [0.5, 0.6) is 0 Å². The first-order valence-electron chi connectivity index (χ1n) is 9.03. The number of amides is 1. The lowest BCUT2D eigenvalue weighted by atomic mass is 10.1. The van der Waals surface area contributed by atoms with Crippen LogP contribution in [0.3, 0.4) is 0 Å². The smallest absolute Gasteiger partial charge is 0.293 e. The highest BCUT2D eigenvalue weighted by atomic mass is 19.1. The van der Waals surface area contributed by atoms with E-state index in [9.17, 15) is 9.18 Å². The van der Waals surface area contributed by atoms with Gasteiger partial charge in [-0.05, 0) is 43.0 Å². The molecule has 1 saturated heterocycles. The second kappa shape index (κ2) is 6.98. The third-order valence-electron chi connectivity index (χ3n) is 4.84. The number of carbonyl (C=O) groups is 1. The van der Waals surface area contributed by atoms with Crippen molar-refractivity contribution in [2.24, 2.45) is 0 Å². The Bertz CT molecular complexity index is 946. The Kier molecular flexibility index (Phi) is 4.51. The molecule has 1 aliphatic heterocycles. The molecule has 3 aromatic rings. The molecule has 0 N–H and O–H groups in total. The molecule has 0 unspecified atom stereocenters. The standard InChI is InChI=1S/C20H20FN3O3/c1-12(2)15-10-18(26-22-15)17-4-3-9-24(17)20(25)19-11-16(23-27-19)13-5-7-14(21)8-6-13/h5-8,10-12,17H,3-4,9H2,1-2H3/t17-/m0/s1. The summed E-state index contributed by atoms with van der Waals surface area (Å²) in [6.45, 7) is 4.71. The van der Waals surface area contributed by atoms with Crippen LogP contribution >= 0.6 is 0 Å². The Hall–Kier alpha value is -2.96. The van der Waals surface area contributed by atoms with E-state index in [4.69, 9.17) is 9.05 Å². The quantitative estimate of drug-likeness (QED) is 0.674. The Labute approximate surface area is 155 Å². The second-order valence-corrected chi connectivity index (χ2v) is 7.05. The van der Waals surface area contributed by atoms with Crippen LogP contribution in [0.1, 0.15) is 60.7 Å². The van der Waals surface area contributed by atoms with Gasteiger partial charge in [0.1, 0.15) is 11.5 Å². The lowest BCUT2D eigenvalue weighted by Crippen LogP contribution is -2.30. The van der Waals surface area contributed by atoms with Crippen molar-refractivity contribution in [1.29, 1.82) is 0 Å². The number of hydrogen-bond acceptors (Lipinski definition) is 5. The van der Waals surface area contributed by atoms with Crippen LogP contribution in [0.2, 0.25) is 0 Å². The van der Waals surface area contributed by atoms with Crippen LogP contribution < -0.4 is 0 Å². The molecule has 0 spiro atoms. The van der Waals surface area contributed by atoms with E-state index >= 15 is 0 Å². The van der Waals surface area contributed by atoms with Gasteiger partial charge >= 0.3 is 0 Å². The summed E-state index contributed by atoms with van der Waals surface area (Å²) in [7, 11) is 0. The number of carbonyl (C=O) groups excluding carboxylic acids is 1. The zero-order valence-electron chi connectivity index (χ0n) is 15.2. The van der Waals surface area contributed by atoms with Gasteiger partial charge in [-0.1, -0.05) is 24.2 Å². The van der Waals surface area contributed by atoms with E-state index in [1.165, 1.54) is 12.1 Å². The Morgan fingerprint density at radius 1 is 1.19 bits per heavy atom. The van der Waals surface area contributed by atoms with E-state index in [1.54, 1.807) is 23.1 Å². The summed E-state index contributed by atoms with van der Waals surface area (Å²) in [5, 5.41) is 8.05. The van der Waals surface area contributed by atoms with Crippen molar-refractivity contribution in [2.75, 3.05) is 6.54 Å². The number of likely N-dealkylation sites (tertiary alicyclic amines) is 1. The molecule has 0 bridgehead atoms. The zero-order chi connectivity index (χ0) is 19.0. The zero-order valence-corrected chi connectivity index (χ0v) is 15.2. The first-order valence-corrected chi connectivity index (χ1v) is 9.03. The molecule has 7 heteroatoms. The minimum Gasteiger partial charge on any atom is -0.359 e. The number of hydrogen-bond donors (Lipinski definition) is 0. The third kappa shape index (κ3) is 3.37.